The Labute approximate surface area is 228 Å². The molecule has 0 N–H and O–H groups in total. The number of hydrogen-bond acceptors (Lipinski definition) is 9. The van der Waals surface area contributed by atoms with Gasteiger partial charge in [0.15, 0.2) is 11.5 Å². The Balaban J connectivity index is 1.59. The predicted molar refractivity (Wildman–Crippen MR) is 151 cm³/mol. The average molecular weight is 550 g/mol. The lowest BCUT2D eigenvalue weighted by Gasteiger charge is -2.38. The van der Waals surface area contributed by atoms with Gasteiger partial charge in [-0.3, -0.25) is 4.98 Å². The number of benzene rings is 3. The van der Waals surface area contributed by atoms with E-state index in [-0.39, 0.29) is 9.79 Å². The van der Waals surface area contributed by atoms with E-state index in [0.29, 0.717) is 60.0 Å². The van der Waals surface area contributed by atoms with Crippen molar-refractivity contribution in [1.82, 2.24) is 4.98 Å². The van der Waals surface area contributed by atoms with Gasteiger partial charge in [0.25, 0.3) is 0 Å². The third-order valence-corrected chi connectivity index (χ3v) is 8.77. The molecule has 1 aromatic heterocycles. The lowest BCUT2D eigenvalue weighted by molar-refractivity contribution is 0.356. The van der Waals surface area contributed by atoms with E-state index in [1.165, 1.54) is 6.20 Å². The van der Waals surface area contributed by atoms with Gasteiger partial charge in [-0.2, -0.15) is 0 Å². The van der Waals surface area contributed by atoms with Gasteiger partial charge in [-0.15, -0.1) is 0 Å². The van der Waals surface area contributed by atoms with Crippen LogP contribution < -0.4 is 28.7 Å². The number of nitrogens with zero attached hydrogens (tertiary/aromatic N) is 3. The first-order valence-corrected chi connectivity index (χ1v) is 14.0. The van der Waals surface area contributed by atoms with Gasteiger partial charge in [-0.1, -0.05) is 0 Å². The Kier molecular flexibility index (Phi) is 7.38. The minimum absolute atomic E-state index is 0.144. The minimum atomic E-state index is -3.90. The second-order valence-electron chi connectivity index (χ2n) is 9.05. The van der Waals surface area contributed by atoms with E-state index in [0.717, 1.165) is 11.4 Å². The van der Waals surface area contributed by atoms with Crippen LogP contribution in [0.25, 0.3) is 10.9 Å². The van der Waals surface area contributed by atoms with Crippen LogP contribution in [0.1, 0.15) is 0 Å². The summed E-state index contributed by atoms with van der Waals surface area (Å²) >= 11 is 0. The third kappa shape index (κ3) is 4.99. The molecule has 5 rings (SSSR count). The summed E-state index contributed by atoms with van der Waals surface area (Å²) < 4.78 is 49.5. The Morgan fingerprint density at radius 2 is 1.23 bits per heavy atom. The van der Waals surface area contributed by atoms with Crippen LogP contribution in [0.5, 0.6) is 23.0 Å². The second kappa shape index (κ2) is 10.9. The molecular weight excluding hydrogens is 518 g/mol. The molecule has 2 heterocycles. The van der Waals surface area contributed by atoms with Gasteiger partial charge in [0, 0.05) is 49.5 Å². The zero-order valence-corrected chi connectivity index (χ0v) is 23.2. The van der Waals surface area contributed by atoms with Crippen molar-refractivity contribution in [2.45, 2.75) is 9.79 Å². The molecule has 4 aromatic rings. The van der Waals surface area contributed by atoms with Gasteiger partial charge in [-0.05, 0) is 54.6 Å². The van der Waals surface area contributed by atoms with Crippen molar-refractivity contribution in [1.29, 1.82) is 0 Å². The van der Waals surface area contributed by atoms with Crippen LogP contribution in [0, 0.1) is 0 Å². The molecule has 3 aromatic carbocycles. The maximum absolute atomic E-state index is 14.0. The number of rotatable bonds is 8. The van der Waals surface area contributed by atoms with E-state index < -0.39 is 9.84 Å². The van der Waals surface area contributed by atoms with Crippen LogP contribution in [0.3, 0.4) is 0 Å². The molecule has 1 aliphatic heterocycles. The number of anilines is 2. The number of hydrogen-bond donors (Lipinski definition) is 0. The van der Waals surface area contributed by atoms with E-state index in [4.69, 9.17) is 18.9 Å². The van der Waals surface area contributed by atoms with Crippen LogP contribution >= 0.6 is 0 Å². The monoisotopic (exact) mass is 549 g/mol. The maximum Gasteiger partial charge on any atom is 0.210 e. The molecular formula is C29H31N3O6S. The standard InChI is InChI=1S/C29H31N3O6S/c1-35-21-7-5-20(6-8-21)31-13-15-32(16-14-31)29-24-17-26(37-3)27(38-4)18-25(24)30-19-28(29)39(33,34)23-11-9-22(36-2)10-12-23/h5-12,17-19H,13-16H2,1-4H3. The number of aromatic nitrogens is 1. The van der Waals surface area contributed by atoms with Crippen LogP contribution in [0.15, 0.2) is 76.7 Å². The van der Waals surface area contributed by atoms with E-state index in [9.17, 15) is 8.42 Å². The summed E-state index contributed by atoms with van der Waals surface area (Å²) in [6, 6.07) is 17.9. The molecule has 0 saturated carbocycles. The van der Waals surface area contributed by atoms with Crippen molar-refractivity contribution >= 4 is 32.1 Å². The Hall–Kier alpha value is -4.18. The fourth-order valence-corrected chi connectivity index (χ4v) is 6.31. The topological polar surface area (TPSA) is 90.4 Å². The Morgan fingerprint density at radius 1 is 0.692 bits per heavy atom. The highest BCUT2D eigenvalue weighted by Gasteiger charge is 2.29. The molecule has 0 bridgehead atoms. The number of piperazine rings is 1. The van der Waals surface area contributed by atoms with Crippen LogP contribution in [0.4, 0.5) is 11.4 Å². The highest BCUT2D eigenvalue weighted by molar-refractivity contribution is 7.91. The predicted octanol–water partition coefficient (Wildman–Crippen LogP) is 4.43. The lowest BCUT2D eigenvalue weighted by Crippen LogP contribution is -2.47. The molecule has 1 fully saturated rings. The molecule has 39 heavy (non-hydrogen) atoms. The summed E-state index contributed by atoms with van der Waals surface area (Å²) in [7, 11) is 2.41. The van der Waals surface area contributed by atoms with Crippen LogP contribution in [-0.4, -0.2) is 68.0 Å². The zero-order valence-electron chi connectivity index (χ0n) is 22.4. The first-order valence-electron chi connectivity index (χ1n) is 12.5. The molecule has 0 unspecified atom stereocenters. The normalized spacial score (nSPS) is 13.8. The minimum Gasteiger partial charge on any atom is -0.497 e. The van der Waals surface area contributed by atoms with Gasteiger partial charge < -0.3 is 28.7 Å². The van der Waals surface area contributed by atoms with E-state index in [2.05, 4.69) is 14.8 Å². The number of fused-ring (bicyclic) bond motifs is 1. The summed E-state index contributed by atoms with van der Waals surface area (Å²) in [6.07, 6.45) is 1.44. The summed E-state index contributed by atoms with van der Waals surface area (Å²) in [6.45, 7) is 2.66. The molecule has 10 heteroatoms. The van der Waals surface area contributed by atoms with Gasteiger partial charge >= 0.3 is 0 Å². The molecule has 0 spiro atoms. The summed E-state index contributed by atoms with van der Waals surface area (Å²) in [4.78, 5) is 9.25. The molecule has 9 nitrogen and oxygen atoms in total. The van der Waals surface area contributed by atoms with E-state index >= 15 is 0 Å². The molecule has 0 amide bonds. The van der Waals surface area contributed by atoms with E-state index in [1.807, 2.05) is 24.3 Å². The van der Waals surface area contributed by atoms with Crippen molar-refractivity contribution in [3.05, 3.63) is 66.9 Å². The highest BCUT2D eigenvalue weighted by Crippen LogP contribution is 2.41. The van der Waals surface area contributed by atoms with Crippen molar-refractivity contribution in [3.63, 3.8) is 0 Å². The van der Waals surface area contributed by atoms with Crippen molar-refractivity contribution < 1.29 is 27.4 Å². The Morgan fingerprint density at radius 3 is 1.79 bits per heavy atom. The fourth-order valence-electron chi connectivity index (χ4n) is 4.87. The summed E-state index contributed by atoms with van der Waals surface area (Å²) in [5, 5.41) is 0.681. The number of sulfone groups is 1. The van der Waals surface area contributed by atoms with Crippen molar-refractivity contribution in [2.24, 2.45) is 0 Å². The smallest absolute Gasteiger partial charge is 0.210 e. The zero-order chi connectivity index (χ0) is 27.6. The van der Waals surface area contributed by atoms with E-state index in [1.54, 1.807) is 64.8 Å². The third-order valence-electron chi connectivity index (χ3n) is 7.00. The number of ether oxygens (including phenoxy) is 4. The van der Waals surface area contributed by atoms with Crippen LogP contribution in [0.2, 0.25) is 0 Å². The van der Waals surface area contributed by atoms with Gasteiger partial charge in [0.05, 0.1) is 44.5 Å². The SMILES string of the molecule is COc1ccc(N2CCN(c3c(S(=O)(=O)c4ccc(OC)cc4)cnc4cc(OC)c(OC)cc34)CC2)cc1. The molecule has 204 valence electrons. The van der Waals surface area contributed by atoms with Gasteiger partial charge in [-0.25, -0.2) is 8.42 Å². The fraction of sp³-hybridized carbons (Fsp3) is 0.276. The average Bonchev–Trinajstić information content (AvgIpc) is 2.99. The quantitative estimate of drug-likeness (QED) is 0.317. The van der Waals surface area contributed by atoms with Gasteiger partial charge in [0.2, 0.25) is 9.84 Å². The largest absolute Gasteiger partial charge is 0.497 e. The summed E-state index contributed by atoms with van der Waals surface area (Å²) in [5.41, 5.74) is 2.31. The first-order chi connectivity index (χ1) is 18.9. The van der Waals surface area contributed by atoms with Crippen LogP contribution in [-0.2, 0) is 9.84 Å². The maximum atomic E-state index is 14.0. The highest BCUT2D eigenvalue weighted by atomic mass is 32.2. The molecule has 0 atom stereocenters. The van der Waals surface area contributed by atoms with Gasteiger partial charge in [0.1, 0.15) is 16.4 Å². The molecule has 1 saturated heterocycles. The number of methoxy groups -OCH3 is 4. The first kappa shape index (κ1) is 26.4. The summed E-state index contributed by atoms with van der Waals surface area (Å²) in [5.74, 6) is 2.41. The molecule has 0 radical (unpaired) electrons. The second-order valence-corrected chi connectivity index (χ2v) is 11.0. The van der Waals surface area contributed by atoms with Crippen molar-refractivity contribution in [3.8, 4) is 23.0 Å². The molecule has 0 aliphatic carbocycles. The number of pyridine rings is 1. The van der Waals surface area contributed by atoms with Crippen molar-refractivity contribution in [2.75, 3.05) is 64.4 Å². The lowest BCUT2D eigenvalue weighted by atomic mass is 10.1. The molecule has 1 aliphatic rings. The Bertz CT molecular complexity index is 1570.